The molecule has 0 saturated carbocycles. The molecule has 14 N–H and O–H groups in total. The highest BCUT2D eigenvalue weighted by Gasteiger charge is 2.54. The van der Waals surface area contributed by atoms with E-state index < -0.39 is 142 Å². The van der Waals surface area contributed by atoms with Gasteiger partial charge < -0.3 is 75.4 Å². The molecule has 0 aromatic carbocycles. The van der Waals surface area contributed by atoms with E-state index in [0.717, 1.165) is 26.9 Å². The van der Waals surface area contributed by atoms with Gasteiger partial charge in [-0.25, -0.2) is 42.8 Å². The molecule has 3 aliphatic rings. The molecule has 79 heavy (non-hydrogen) atoms. The molecule has 434 valence electrons. The number of aromatic nitrogens is 12. The number of nitrogens with one attached hydrogen (secondary N) is 2. The van der Waals surface area contributed by atoms with Crippen molar-refractivity contribution in [2.24, 2.45) is 7.05 Å². The molecule has 7 unspecified atom stereocenters. The van der Waals surface area contributed by atoms with E-state index in [1.165, 1.54) is 38.0 Å². The lowest BCUT2D eigenvalue weighted by Crippen LogP contribution is -2.46. The van der Waals surface area contributed by atoms with Crippen molar-refractivity contribution in [2.45, 2.75) is 93.6 Å². The van der Waals surface area contributed by atoms with Crippen molar-refractivity contribution in [1.82, 2.24) is 53.6 Å². The molecule has 9 rings (SSSR count). The molecule has 3 aliphatic heterocycles. The lowest BCUT2D eigenvalue weighted by molar-refractivity contribution is -0.745. The molecule has 0 bridgehead atoms. The number of imidazole rings is 3. The van der Waals surface area contributed by atoms with Crippen LogP contribution in [0, 0.1) is 0 Å². The first-order valence-electron chi connectivity index (χ1n) is 22.9. The van der Waals surface area contributed by atoms with Crippen LogP contribution in [0.1, 0.15) is 32.5 Å². The molecule has 0 amide bonds. The fraction of sp³-hybridized carbons (Fsp3) is 0.583. The van der Waals surface area contributed by atoms with Gasteiger partial charge in [-0.15, -0.1) is 0 Å². The highest BCUT2D eigenvalue weighted by molar-refractivity contribution is 7.66. The second-order valence-corrected chi connectivity index (χ2v) is 23.9. The molecular formula is C36H52N15O24P4+. The van der Waals surface area contributed by atoms with Gasteiger partial charge in [0.1, 0.15) is 66.8 Å². The van der Waals surface area contributed by atoms with Crippen LogP contribution < -0.4 is 32.9 Å². The summed E-state index contributed by atoms with van der Waals surface area (Å²) in [6, 6.07) is 0. The maximum absolute atomic E-state index is 14.0. The van der Waals surface area contributed by atoms with Crippen LogP contribution in [0.3, 0.4) is 0 Å². The summed E-state index contributed by atoms with van der Waals surface area (Å²) < 4.78 is 123. The van der Waals surface area contributed by atoms with E-state index in [9.17, 15) is 57.6 Å². The van der Waals surface area contributed by atoms with Crippen molar-refractivity contribution < 1.29 is 108 Å². The largest absolute Gasteiger partial charge is 0.490 e. The van der Waals surface area contributed by atoms with E-state index >= 15 is 0 Å². The van der Waals surface area contributed by atoms with Gasteiger partial charge in [-0.2, -0.15) is 13.6 Å². The lowest BCUT2D eigenvalue weighted by Gasteiger charge is -2.27. The first-order chi connectivity index (χ1) is 37.1. The SMILES string of the molecule is COC1[C@@H](OP(=O)(O)OC[C@H]2O[C@@H](n3cnc4c(=O)[nH]c(N)nc43)C(O)[C@H]2OC(C)C)[C@@H](COP(=O)(O)OP(=O)(O)OP(=O)(O)OC[C@H]2O[C@@H]([n+]3cn(C)c4c(=O)[nH]c(N)nc43)C(O)[C@H]2OC)O[C@H]1n1cnc2c(N)ncnc21. The summed E-state index contributed by atoms with van der Waals surface area (Å²) in [7, 11) is -19.6. The number of hydrogen-bond donors (Lipinski definition) is 11. The standard InChI is InChI=1S/C36H51N15O24P4/c1-13(2)69-23-15(71-32(21(23)53)50-11-43-18-28(50)44-35(38)46-30(18)54)7-66-76(56,57)73-24-16(72-34(25(24)65-5)49-10-42-17-26(37)40-9-41-27(17)49)8-68-78(60,61)75-79(62,63)74-77(58,59)67-6-14-22(64-4)20(52)33(70-14)51-12-48(3)19-29(51)45-36(39)47-31(19)55/h9-16,20-25,32-34,52-53H,6-8H2,1-5H3,(H11-,37,38,39,40,41,44,45,46,47,54,55,56,57,58,59,60,61,62,63)/p+1/t14-,15-,16-,20?,21?,22+,23+,24+,25?,32-,33-,34-/m1/s1. The van der Waals surface area contributed by atoms with Gasteiger partial charge in [0, 0.05) is 14.2 Å². The number of aromatic amines is 2. The van der Waals surface area contributed by atoms with E-state index in [4.69, 9.17) is 63.7 Å². The highest BCUT2D eigenvalue weighted by atomic mass is 31.3. The van der Waals surface area contributed by atoms with Crippen molar-refractivity contribution in [1.29, 1.82) is 0 Å². The first-order valence-corrected chi connectivity index (χ1v) is 28.9. The number of aryl methyl sites for hydroxylation is 1. The molecule has 9 heterocycles. The van der Waals surface area contributed by atoms with E-state index in [0.29, 0.717) is 0 Å². The van der Waals surface area contributed by atoms with Gasteiger partial charge >= 0.3 is 36.9 Å². The number of phosphoric ester groups is 3. The predicted octanol–water partition coefficient (Wildman–Crippen LogP) is -2.62. The summed E-state index contributed by atoms with van der Waals surface area (Å²) in [5, 5.41) is 22.6. The van der Waals surface area contributed by atoms with E-state index in [1.54, 1.807) is 13.8 Å². The lowest BCUT2D eigenvalue weighted by atomic mass is 10.1. The summed E-state index contributed by atoms with van der Waals surface area (Å²) in [5.41, 5.74) is 16.0. The number of fused-ring (bicyclic) bond motifs is 3. The number of H-pyrrole nitrogens is 2. The van der Waals surface area contributed by atoms with Gasteiger partial charge in [-0.3, -0.25) is 51.4 Å². The number of nitrogen functional groups attached to an aromatic ring is 3. The smallest absolute Gasteiger partial charge is 0.386 e. The Morgan fingerprint density at radius 2 is 1.24 bits per heavy atom. The van der Waals surface area contributed by atoms with E-state index in [1.807, 2.05) is 0 Å². The summed E-state index contributed by atoms with van der Waals surface area (Å²) >= 11 is 0. The fourth-order valence-electron chi connectivity index (χ4n) is 9.04. The summed E-state index contributed by atoms with van der Waals surface area (Å²) in [4.78, 5) is 97.0. The third-order valence-electron chi connectivity index (χ3n) is 12.2. The van der Waals surface area contributed by atoms with Crippen molar-refractivity contribution in [3.05, 3.63) is 46.0 Å². The van der Waals surface area contributed by atoms with Gasteiger partial charge in [0.25, 0.3) is 17.1 Å². The van der Waals surface area contributed by atoms with Crippen LogP contribution >= 0.6 is 31.3 Å². The number of methoxy groups -OCH3 is 2. The fourth-order valence-corrected chi connectivity index (χ4v) is 13.5. The Labute approximate surface area is 440 Å². The highest BCUT2D eigenvalue weighted by Crippen LogP contribution is 2.68. The molecule has 0 spiro atoms. The first kappa shape index (κ1) is 58.5. The molecule has 3 saturated heterocycles. The molecule has 6 aromatic rings. The van der Waals surface area contributed by atoms with Gasteiger partial charge in [0.2, 0.25) is 17.7 Å². The van der Waals surface area contributed by atoms with Crippen LogP contribution in [0.2, 0.25) is 0 Å². The number of hydrogen-bond acceptors (Lipinski definition) is 29. The molecule has 6 aromatic heterocycles. The zero-order valence-corrected chi connectivity index (χ0v) is 45.0. The van der Waals surface area contributed by atoms with Gasteiger partial charge in [0.05, 0.1) is 45.6 Å². The molecule has 0 aliphatic carbocycles. The number of nitrogens with two attached hydrogens (primary N) is 3. The number of ether oxygens (including phenoxy) is 6. The predicted molar refractivity (Wildman–Crippen MR) is 258 cm³/mol. The van der Waals surface area contributed by atoms with E-state index in [2.05, 4.69) is 48.5 Å². The minimum absolute atomic E-state index is 0.0256. The Morgan fingerprint density at radius 1 is 0.684 bits per heavy atom. The molecule has 39 nitrogen and oxygen atoms in total. The Morgan fingerprint density at radius 3 is 1.87 bits per heavy atom. The van der Waals surface area contributed by atoms with Gasteiger partial charge in [-0.1, -0.05) is 4.98 Å². The number of rotatable bonds is 22. The zero-order valence-electron chi connectivity index (χ0n) is 41.5. The van der Waals surface area contributed by atoms with Crippen LogP contribution in [-0.2, 0) is 80.4 Å². The van der Waals surface area contributed by atoms with Crippen LogP contribution in [0.25, 0.3) is 33.5 Å². The maximum Gasteiger partial charge on any atom is 0.490 e. The molecule has 0 radical (unpaired) electrons. The van der Waals surface area contributed by atoms with Crippen LogP contribution in [0.15, 0.2) is 34.9 Å². The van der Waals surface area contributed by atoms with Gasteiger partial charge in [-0.05, 0) is 13.8 Å². The molecular weight excluding hydrogens is 1150 g/mol. The summed E-state index contributed by atoms with van der Waals surface area (Å²) in [6.07, 6.45) is -13.7. The van der Waals surface area contributed by atoms with Crippen molar-refractivity contribution in [3.63, 3.8) is 0 Å². The average molecular weight is 1200 g/mol. The Hall–Kier alpha value is -5.15. The van der Waals surface area contributed by atoms with Crippen molar-refractivity contribution >= 4 is 82.5 Å². The molecule has 43 heteroatoms. The Balaban J connectivity index is 0.882. The third kappa shape index (κ3) is 12.1. The Bertz CT molecular complexity index is 3560. The second-order valence-electron chi connectivity index (χ2n) is 17.8. The number of nitrogens with zero attached hydrogens (tertiary/aromatic N) is 10. The summed E-state index contributed by atoms with van der Waals surface area (Å²) in [6.45, 7) is 0.176. The topological polar surface area (TPSA) is 540 Å². The number of phosphoric acid groups is 4. The van der Waals surface area contributed by atoms with Gasteiger partial charge in [0.15, 0.2) is 41.4 Å². The van der Waals surface area contributed by atoms with E-state index in [-0.39, 0.29) is 51.2 Å². The second kappa shape index (κ2) is 22.3. The minimum Gasteiger partial charge on any atom is -0.386 e. The van der Waals surface area contributed by atoms with Crippen LogP contribution in [0.5, 0.6) is 0 Å². The average Bonchev–Trinajstić information content (AvgIpc) is 4.40. The number of aliphatic hydroxyl groups is 2. The number of aliphatic hydroxyl groups excluding tert-OH is 2. The maximum atomic E-state index is 14.0. The normalized spacial score (nSPS) is 29.6. The minimum atomic E-state index is -6.18. The Kier molecular flexibility index (Phi) is 16.5. The van der Waals surface area contributed by atoms with Crippen molar-refractivity contribution in [2.75, 3.05) is 51.2 Å². The summed E-state index contributed by atoms with van der Waals surface area (Å²) in [5.74, 6) is -0.620. The number of anilines is 3. The van der Waals surface area contributed by atoms with Crippen molar-refractivity contribution in [3.8, 4) is 0 Å². The molecule has 3 fully saturated rings. The zero-order chi connectivity index (χ0) is 57.3. The quantitative estimate of drug-likeness (QED) is 0.0245. The van der Waals surface area contributed by atoms with Crippen LogP contribution in [-0.4, -0.2) is 178 Å². The van der Waals surface area contributed by atoms with Crippen LogP contribution in [0.4, 0.5) is 17.7 Å². The monoisotopic (exact) mass is 1200 g/mol. The molecule has 16 atom stereocenters. The third-order valence-corrected chi connectivity index (χ3v) is 17.4.